The molecule has 0 aliphatic carbocycles. The summed E-state index contributed by atoms with van der Waals surface area (Å²) in [7, 11) is -2.03. The van der Waals surface area contributed by atoms with Crippen molar-refractivity contribution in [3.63, 3.8) is 0 Å². The van der Waals surface area contributed by atoms with Crippen molar-refractivity contribution in [1.29, 1.82) is 0 Å². The Hall–Kier alpha value is -4.51. The van der Waals surface area contributed by atoms with Crippen LogP contribution in [0.3, 0.4) is 0 Å². The summed E-state index contributed by atoms with van der Waals surface area (Å²) in [6.45, 7) is 0.802. The van der Waals surface area contributed by atoms with Crippen LogP contribution in [0.2, 0.25) is 0 Å². The summed E-state index contributed by atoms with van der Waals surface area (Å²) in [4.78, 5) is 13.5. The monoisotopic (exact) mass is 500 g/mol. The molecule has 0 saturated carbocycles. The van der Waals surface area contributed by atoms with Crippen LogP contribution in [0.15, 0.2) is 78.3 Å². The summed E-state index contributed by atoms with van der Waals surface area (Å²) >= 11 is 0. The molecule has 180 valence electrons. The van der Waals surface area contributed by atoms with E-state index in [-0.39, 0.29) is 4.90 Å². The normalized spacial score (nSPS) is 13.0. The zero-order valence-electron chi connectivity index (χ0n) is 19.1. The van der Waals surface area contributed by atoms with Crippen LogP contribution in [-0.4, -0.2) is 46.4 Å². The fraction of sp³-hybridized carbons (Fsp3) is 0.120. The van der Waals surface area contributed by atoms with Crippen molar-refractivity contribution in [3.8, 4) is 33.9 Å². The number of pyridine rings is 1. The SMILES string of the molecule is Cn1cc(-c2cnc3ccc(-c4cncc(NS(=O)(=O)c5ccc6c(c5)OCCO6)c4)cc3n2)cn1. The fourth-order valence-electron chi connectivity index (χ4n) is 3.94. The van der Waals surface area contributed by atoms with Gasteiger partial charge in [-0.25, -0.2) is 13.4 Å². The Kier molecular flexibility index (Phi) is 5.26. The van der Waals surface area contributed by atoms with Gasteiger partial charge in [-0.05, 0) is 35.9 Å². The van der Waals surface area contributed by atoms with Gasteiger partial charge in [0.15, 0.2) is 11.5 Å². The summed E-state index contributed by atoms with van der Waals surface area (Å²) in [6.07, 6.45) is 8.46. The molecule has 0 spiro atoms. The van der Waals surface area contributed by atoms with Crippen molar-refractivity contribution in [3.05, 3.63) is 73.4 Å². The average Bonchev–Trinajstić information content (AvgIpc) is 3.34. The van der Waals surface area contributed by atoms with Gasteiger partial charge in [0.2, 0.25) is 0 Å². The number of ether oxygens (including phenoxy) is 2. The minimum Gasteiger partial charge on any atom is -0.486 e. The molecular formula is C25H20N6O4S. The predicted octanol–water partition coefficient (Wildman–Crippen LogP) is 3.66. The van der Waals surface area contributed by atoms with E-state index in [1.165, 1.54) is 18.3 Å². The van der Waals surface area contributed by atoms with Crippen molar-refractivity contribution in [1.82, 2.24) is 24.7 Å². The predicted molar refractivity (Wildman–Crippen MR) is 133 cm³/mol. The van der Waals surface area contributed by atoms with E-state index in [9.17, 15) is 8.42 Å². The number of rotatable bonds is 5. The molecule has 0 saturated heterocycles. The summed E-state index contributed by atoms with van der Waals surface area (Å²) < 4.78 is 41.3. The second-order valence-corrected chi connectivity index (χ2v) is 9.92. The van der Waals surface area contributed by atoms with E-state index >= 15 is 0 Å². The molecule has 0 unspecified atom stereocenters. The molecule has 1 aliphatic heterocycles. The number of nitrogens with zero attached hydrogens (tertiary/aromatic N) is 5. The highest BCUT2D eigenvalue weighted by molar-refractivity contribution is 7.92. The Bertz CT molecular complexity index is 1720. The summed E-state index contributed by atoms with van der Waals surface area (Å²) in [5, 5.41) is 4.19. The molecule has 6 rings (SSSR count). The van der Waals surface area contributed by atoms with Gasteiger partial charge in [-0.2, -0.15) is 5.10 Å². The minimum absolute atomic E-state index is 0.0704. The number of anilines is 1. The molecule has 0 atom stereocenters. The number of hydrogen-bond acceptors (Lipinski definition) is 8. The van der Waals surface area contributed by atoms with Crippen LogP contribution in [0.1, 0.15) is 0 Å². The second-order valence-electron chi connectivity index (χ2n) is 8.23. The van der Waals surface area contributed by atoms with Crippen molar-refractivity contribution < 1.29 is 17.9 Å². The maximum Gasteiger partial charge on any atom is 0.262 e. The largest absolute Gasteiger partial charge is 0.486 e. The average molecular weight is 501 g/mol. The van der Waals surface area contributed by atoms with Crippen LogP contribution in [-0.2, 0) is 17.1 Å². The molecule has 4 heterocycles. The topological polar surface area (TPSA) is 121 Å². The zero-order valence-corrected chi connectivity index (χ0v) is 19.9. The minimum atomic E-state index is -3.87. The summed E-state index contributed by atoms with van der Waals surface area (Å²) in [6, 6.07) is 11.9. The Morgan fingerprint density at radius 1 is 0.861 bits per heavy atom. The number of hydrogen-bond donors (Lipinski definition) is 1. The number of sulfonamides is 1. The van der Waals surface area contributed by atoms with Crippen molar-refractivity contribution in [2.45, 2.75) is 4.90 Å². The van der Waals surface area contributed by atoms with Gasteiger partial charge in [0.25, 0.3) is 10.0 Å². The lowest BCUT2D eigenvalue weighted by Crippen LogP contribution is -2.17. The molecule has 5 aromatic rings. The van der Waals surface area contributed by atoms with Gasteiger partial charge < -0.3 is 9.47 Å². The number of benzene rings is 2. The quantitative estimate of drug-likeness (QED) is 0.388. The van der Waals surface area contributed by atoms with E-state index in [2.05, 4.69) is 19.8 Å². The highest BCUT2D eigenvalue weighted by Gasteiger charge is 2.20. The Labute approximate surface area is 206 Å². The van der Waals surface area contributed by atoms with Crippen LogP contribution in [0.25, 0.3) is 33.4 Å². The van der Waals surface area contributed by atoms with Crippen LogP contribution in [0.4, 0.5) is 5.69 Å². The molecule has 36 heavy (non-hydrogen) atoms. The lowest BCUT2D eigenvalue weighted by atomic mass is 10.1. The van der Waals surface area contributed by atoms with Gasteiger partial charge in [0, 0.05) is 36.6 Å². The van der Waals surface area contributed by atoms with E-state index in [0.717, 1.165) is 22.2 Å². The first-order valence-electron chi connectivity index (χ1n) is 11.1. The first-order valence-corrected chi connectivity index (χ1v) is 12.6. The summed E-state index contributed by atoms with van der Waals surface area (Å²) in [5.41, 5.74) is 4.92. The zero-order chi connectivity index (χ0) is 24.7. The highest BCUT2D eigenvalue weighted by atomic mass is 32.2. The lowest BCUT2D eigenvalue weighted by Gasteiger charge is -2.19. The van der Waals surface area contributed by atoms with Crippen molar-refractivity contribution in [2.24, 2.45) is 7.05 Å². The maximum absolute atomic E-state index is 13.0. The number of aryl methyl sites for hydroxylation is 1. The van der Waals surface area contributed by atoms with E-state index in [1.54, 1.807) is 35.4 Å². The molecular weight excluding hydrogens is 480 g/mol. The first-order chi connectivity index (χ1) is 17.4. The molecule has 3 aromatic heterocycles. The van der Waals surface area contributed by atoms with Crippen LogP contribution in [0.5, 0.6) is 11.5 Å². The molecule has 0 bridgehead atoms. The maximum atomic E-state index is 13.0. The molecule has 1 N–H and O–H groups in total. The fourth-order valence-corrected chi connectivity index (χ4v) is 4.99. The Balaban J connectivity index is 1.30. The van der Waals surface area contributed by atoms with Crippen molar-refractivity contribution in [2.75, 3.05) is 17.9 Å². The Morgan fingerprint density at radius 2 is 1.72 bits per heavy atom. The van der Waals surface area contributed by atoms with Crippen LogP contribution >= 0.6 is 0 Å². The van der Waals surface area contributed by atoms with Gasteiger partial charge in [-0.1, -0.05) is 6.07 Å². The third-order valence-corrected chi connectivity index (χ3v) is 7.07. The molecule has 11 heteroatoms. The smallest absolute Gasteiger partial charge is 0.262 e. The molecule has 2 aromatic carbocycles. The van der Waals surface area contributed by atoms with Gasteiger partial charge >= 0.3 is 0 Å². The molecule has 0 fully saturated rings. The van der Waals surface area contributed by atoms with Crippen LogP contribution in [0, 0.1) is 0 Å². The van der Waals surface area contributed by atoms with Gasteiger partial charge in [-0.3, -0.25) is 19.4 Å². The first kappa shape index (κ1) is 22.0. The molecule has 10 nitrogen and oxygen atoms in total. The number of aromatic nitrogens is 5. The lowest BCUT2D eigenvalue weighted by molar-refractivity contribution is 0.171. The number of nitrogens with one attached hydrogen (secondary N) is 1. The van der Waals surface area contributed by atoms with E-state index in [4.69, 9.17) is 14.5 Å². The van der Waals surface area contributed by atoms with E-state index in [0.29, 0.717) is 41.6 Å². The molecule has 0 radical (unpaired) electrons. The summed E-state index contributed by atoms with van der Waals surface area (Å²) in [5.74, 6) is 0.925. The van der Waals surface area contributed by atoms with Gasteiger partial charge in [0.1, 0.15) is 13.2 Å². The molecule has 1 aliphatic rings. The standard InChI is InChI=1S/C25H20N6O4S/c1-31-15-18(12-28-31)23-14-27-21-4-2-16(9-22(21)29-23)17-8-19(13-26-11-17)30-36(32,33)20-3-5-24-25(10-20)35-7-6-34-24/h2-5,8-15,30H,6-7H2,1H3. The van der Waals surface area contributed by atoms with Gasteiger partial charge in [0.05, 0.1) is 45.9 Å². The third kappa shape index (κ3) is 4.20. The molecule has 0 amide bonds. The van der Waals surface area contributed by atoms with E-state index in [1.807, 2.05) is 31.4 Å². The van der Waals surface area contributed by atoms with Crippen LogP contribution < -0.4 is 14.2 Å². The second kappa shape index (κ2) is 8.61. The Morgan fingerprint density at radius 3 is 2.56 bits per heavy atom. The van der Waals surface area contributed by atoms with Gasteiger partial charge in [-0.15, -0.1) is 0 Å². The highest BCUT2D eigenvalue weighted by Crippen LogP contribution is 2.33. The number of fused-ring (bicyclic) bond motifs is 2. The van der Waals surface area contributed by atoms with E-state index < -0.39 is 10.0 Å². The third-order valence-electron chi connectivity index (χ3n) is 5.69. The van der Waals surface area contributed by atoms with Crippen molar-refractivity contribution >= 4 is 26.7 Å².